The number of hydrogen-bond donors (Lipinski definition) is 0. The molecule has 0 amide bonds. The molecule has 0 spiro atoms. The fourth-order valence-corrected chi connectivity index (χ4v) is 8.24. The number of unbranched alkanes of at least 4 members (excludes halogenated alkanes) is 4. The van der Waals surface area contributed by atoms with E-state index < -0.39 is 7.26 Å². The summed E-state index contributed by atoms with van der Waals surface area (Å²) in [6.07, 6.45) is 7.90. The number of hydrogen-bond acceptors (Lipinski definition) is 0. The second-order valence-electron chi connectivity index (χ2n) is 6.95. The third-order valence-electron chi connectivity index (χ3n) is 5.19. The molecule has 3 rings (SSSR count). The molecule has 0 aliphatic rings. The van der Waals surface area contributed by atoms with E-state index in [1.807, 2.05) is 0 Å². The average Bonchev–Trinajstić information content (AvgIpc) is 2.73. The molecule has 0 saturated carbocycles. The van der Waals surface area contributed by atoms with Crippen molar-refractivity contribution in [2.75, 3.05) is 6.16 Å². The lowest BCUT2D eigenvalue weighted by Crippen LogP contribution is -3.00. The Morgan fingerprint density at radius 3 is 1.26 bits per heavy atom. The zero-order valence-electron chi connectivity index (χ0n) is 16.2. The van der Waals surface area contributed by atoms with Gasteiger partial charge in [0.1, 0.15) is 23.2 Å². The Hall–Kier alpha value is -1.18. The summed E-state index contributed by atoms with van der Waals surface area (Å²) in [7, 11) is -1.60. The normalized spacial score (nSPS) is 11.0. The molecule has 3 aromatic rings. The summed E-state index contributed by atoms with van der Waals surface area (Å²) in [5.41, 5.74) is 0. The van der Waals surface area contributed by atoms with Crippen molar-refractivity contribution < 1.29 is 24.0 Å². The van der Waals surface area contributed by atoms with Crippen LogP contribution in [0, 0.1) is 0 Å². The van der Waals surface area contributed by atoms with Gasteiger partial charge in [-0.2, -0.15) is 0 Å². The fraction of sp³-hybridized carbons (Fsp3) is 0.280. The molecule has 3 aromatic carbocycles. The highest BCUT2D eigenvalue weighted by atomic mass is 127. The van der Waals surface area contributed by atoms with Crippen LogP contribution in [0.2, 0.25) is 0 Å². The molecular formula is C25H30IP. The van der Waals surface area contributed by atoms with Gasteiger partial charge in [-0.25, -0.2) is 0 Å². The zero-order chi connectivity index (χ0) is 18.1. The van der Waals surface area contributed by atoms with Crippen molar-refractivity contribution in [3.8, 4) is 0 Å². The van der Waals surface area contributed by atoms with Gasteiger partial charge in [-0.3, -0.25) is 0 Å². The van der Waals surface area contributed by atoms with Crippen LogP contribution in [-0.4, -0.2) is 6.16 Å². The van der Waals surface area contributed by atoms with Gasteiger partial charge < -0.3 is 24.0 Å². The Morgan fingerprint density at radius 1 is 0.519 bits per heavy atom. The molecule has 0 fully saturated rings. The van der Waals surface area contributed by atoms with Crippen LogP contribution in [0.3, 0.4) is 0 Å². The van der Waals surface area contributed by atoms with Crippen LogP contribution >= 0.6 is 7.26 Å². The molecule has 142 valence electrons. The maximum absolute atomic E-state index is 2.35. The molecule has 0 heterocycles. The molecule has 0 saturated heterocycles. The van der Waals surface area contributed by atoms with E-state index in [-0.39, 0.29) is 24.0 Å². The lowest BCUT2D eigenvalue weighted by Gasteiger charge is -2.27. The van der Waals surface area contributed by atoms with E-state index in [0.717, 1.165) is 0 Å². The van der Waals surface area contributed by atoms with Crippen molar-refractivity contribution in [1.82, 2.24) is 0 Å². The first kappa shape index (κ1) is 22.1. The van der Waals surface area contributed by atoms with Gasteiger partial charge in [0.2, 0.25) is 0 Å². The van der Waals surface area contributed by atoms with Gasteiger partial charge in [-0.15, -0.1) is 0 Å². The summed E-state index contributed by atoms with van der Waals surface area (Å²) in [6, 6.07) is 33.7. The van der Waals surface area contributed by atoms with Gasteiger partial charge in [-0.05, 0) is 49.2 Å². The van der Waals surface area contributed by atoms with Crippen molar-refractivity contribution in [3.63, 3.8) is 0 Å². The summed E-state index contributed by atoms with van der Waals surface area (Å²) in [6.45, 7) is 2.29. The van der Waals surface area contributed by atoms with Gasteiger partial charge in [-0.1, -0.05) is 80.8 Å². The Balaban J connectivity index is 0.00000261. The van der Waals surface area contributed by atoms with Gasteiger partial charge >= 0.3 is 0 Å². The third-order valence-corrected chi connectivity index (χ3v) is 9.71. The van der Waals surface area contributed by atoms with E-state index in [0.29, 0.717) is 0 Å². The van der Waals surface area contributed by atoms with Crippen molar-refractivity contribution >= 4 is 23.2 Å². The second kappa shape index (κ2) is 11.6. The zero-order valence-corrected chi connectivity index (χ0v) is 19.3. The van der Waals surface area contributed by atoms with Crippen LogP contribution in [0.4, 0.5) is 0 Å². The highest BCUT2D eigenvalue weighted by molar-refractivity contribution is 7.95. The molecule has 0 atom stereocenters. The summed E-state index contributed by atoms with van der Waals surface area (Å²) in [4.78, 5) is 0. The maximum atomic E-state index is 2.35. The van der Waals surface area contributed by atoms with Crippen molar-refractivity contribution in [2.45, 2.75) is 39.0 Å². The quantitative estimate of drug-likeness (QED) is 0.247. The minimum absolute atomic E-state index is 0. The Bertz CT molecular complexity index is 659. The molecule has 0 unspecified atom stereocenters. The number of benzene rings is 3. The minimum atomic E-state index is -1.60. The monoisotopic (exact) mass is 488 g/mol. The lowest BCUT2D eigenvalue weighted by molar-refractivity contribution is -0.00000521. The van der Waals surface area contributed by atoms with Gasteiger partial charge in [0.25, 0.3) is 0 Å². The predicted octanol–water partition coefficient (Wildman–Crippen LogP) is 2.95. The summed E-state index contributed by atoms with van der Waals surface area (Å²) in [5.74, 6) is 0. The van der Waals surface area contributed by atoms with Crippen LogP contribution < -0.4 is 39.9 Å². The SMILES string of the molecule is CCCCCCC[P+](c1ccccc1)(c1ccccc1)c1ccccc1.[I-]. The van der Waals surface area contributed by atoms with Crippen LogP contribution in [0.15, 0.2) is 91.0 Å². The van der Waals surface area contributed by atoms with E-state index in [2.05, 4.69) is 97.9 Å². The number of halogens is 1. The molecule has 0 aliphatic heterocycles. The first-order chi connectivity index (χ1) is 12.9. The van der Waals surface area contributed by atoms with Gasteiger partial charge in [0, 0.05) is 0 Å². The highest BCUT2D eigenvalue weighted by Crippen LogP contribution is 2.55. The number of rotatable bonds is 9. The summed E-state index contributed by atoms with van der Waals surface area (Å²) in [5, 5.41) is 4.52. The minimum Gasteiger partial charge on any atom is -1.00 e. The van der Waals surface area contributed by atoms with E-state index in [9.17, 15) is 0 Å². The maximum Gasteiger partial charge on any atom is 0.112 e. The first-order valence-corrected chi connectivity index (χ1v) is 11.9. The molecule has 0 bridgehead atoms. The first-order valence-electron chi connectivity index (χ1n) is 9.93. The van der Waals surface area contributed by atoms with Crippen LogP contribution in [0.1, 0.15) is 39.0 Å². The van der Waals surface area contributed by atoms with Crippen LogP contribution in [0.25, 0.3) is 0 Å². The third kappa shape index (κ3) is 5.42. The molecule has 27 heavy (non-hydrogen) atoms. The predicted molar refractivity (Wildman–Crippen MR) is 119 cm³/mol. The van der Waals surface area contributed by atoms with E-state index in [4.69, 9.17) is 0 Å². The molecule has 0 aromatic heterocycles. The summed E-state index contributed by atoms with van der Waals surface area (Å²) >= 11 is 0. The molecule has 0 nitrogen and oxygen atoms in total. The largest absolute Gasteiger partial charge is 1.00 e. The second-order valence-corrected chi connectivity index (χ2v) is 10.6. The van der Waals surface area contributed by atoms with Crippen LogP contribution in [-0.2, 0) is 0 Å². The van der Waals surface area contributed by atoms with Crippen molar-refractivity contribution in [2.24, 2.45) is 0 Å². The van der Waals surface area contributed by atoms with Crippen molar-refractivity contribution in [1.29, 1.82) is 0 Å². The van der Waals surface area contributed by atoms with Crippen molar-refractivity contribution in [3.05, 3.63) is 91.0 Å². The highest BCUT2D eigenvalue weighted by Gasteiger charge is 2.44. The lowest BCUT2D eigenvalue weighted by atomic mass is 10.2. The Morgan fingerprint density at radius 2 is 0.889 bits per heavy atom. The smallest absolute Gasteiger partial charge is 0.112 e. The van der Waals surface area contributed by atoms with Gasteiger partial charge in [0.15, 0.2) is 0 Å². The molecule has 0 N–H and O–H groups in total. The van der Waals surface area contributed by atoms with E-state index >= 15 is 0 Å². The standard InChI is InChI=1S/C25H30P.HI/c1-2-3-4-5-15-22-26(23-16-9-6-10-17-23,24-18-11-7-12-19-24)25-20-13-8-14-21-25;/h6-14,16-21H,2-5,15,22H2,1H3;1H/q+1;/p-1. The summed E-state index contributed by atoms with van der Waals surface area (Å²) < 4.78 is 0. The molecule has 2 heteroatoms. The van der Waals surface area contributed by atoms with E-state index in [1.165, 1.54) is 54.2 Å². The molecule has 0 aliphatic carbocycles. The fourth-order valence-electron chi connectivity index (χ4n) is 3.83. The van der Waals surface area contributed by atoms with Crippen LogP contribution in [0.5, 0.6) is 0 Å². The van der Waals surface area contributed by atoms with E-state index in [1.54, 1.807) is 0 Å². The molecular weight excluding hydrogens is 458 g/mol. The molecule has 0 radical (unpaired) electrons. The Labute approximate surface area is 182 Å². The average molecular weight is 488 g/mol. The van der Waals surface area contributed by atoms with Gasteiger partial charge in [0.05, 0.1) is 6.16 Å². The topological polar surface area (TPSA) is 0 Å². The Kier molecular flexibility index (Phi) is 9.51.